The van der Waals surface area contributed by atoms with Crippen molar-refractivity contribution < 1.29 is 9.21 Å². The number of carbonyl (C=O) groups is 1. The van der Waals surface area contributed by atoms with E-state index in [1.807, 2.05) is 17.0 Å². The molecule has 0 saturated carbocycles. The number of nitrogens with one attached hydrogen (secondary N) is 1. The lowest BCUT2D eigenvalue weighted by molar-refractivity contribution is 0.0653. The second-order valence-corrected chi connectivity index (χ2v) is 6.46. The monoisotopic (exact) mass is 348 g/mol. The summed E-state index contributed by atoms with van der Waals surface area (Å²) in [7, 11) is 0. The maximum Gasteiger partial charge on any atom is 0.261 e. The summed E-state index contributed by atoms with van der Waals surface area (Å²) in [6, 6.07) is 15.0. The number of aromatic amines is 1. The summed E-state index contributed by atoms with van der Waals surface area (Å²) in [5, 5.41) is 0. The van der Waals surface area contributed by atoms with Crippen LogP contribution in [0.15, 0.2) is 64.0 Å². The van der Waals surface area contributed by atoms with Gasteiger partial charge in [0.15, 0.2) is 0 Å². The van der Waals surface area contributed by atoms with Crippen LogP contribution in [0.4, 0.5) is 0 Å². The van der Waals surface area contributed by atoms with Crippen LogP contribution >= 0.6 is 0 Å². The highest BCUT2D eigenvalue weighted by molar-refractivity contribution is 5.94. The number of carbonyl (C=O) groups excluding carboxylic acids is 1. The molecule has 5 nitrogen and oxygen atoms in total. The number of rotatable bonds is 3. The Labute approximate surface area is 151 Å². The van der Waals surface area contributed by atoms with Gasteiger partial charge in [-0.15, -0.1) is 0 Å². The standard InChI is InChI=1S/C21H20N2O3/c1-2-18-15-7-4-3-6-14(15)11-12-23(18)21(25)16-9-10-17(22-20(16)24)19-8-5-13-26-19/h3-10,13,18H,2,11-12H2,1H3,(H,22,24). The molecule has 1 aromatic carbocycles. The van der Waals surface area contributed by atoms with Crippen molar-refractivity contribution in [1.29, 1.82) is 0 Å². The Morgan fingerprint density at radius 1 is 1.19 bits per heavy atom. The Bertz CT molecular complexity index is 988. The molecule has 0 saturated heterocycles. The summed E-state index contributed by atoms with van der Waals surface area (Å²) < 4.78 is 5.30. The van der Waals surface area contributed by atoms with E-state index in [1.54, 1.807) is 30.5 Å². The first kappa shape index (κ1) is 16.4. The van der Waals surface area contributed by atoms with Gasteiger partial charge in [0.2, 0.25) is 0 Å². The molecule has 1 atom stereocenters. The zero-order valence-electron chi connectivity index (χ0n) is 14.6. The highest BCUT2D eigenvalue weighted by atomic mass is 16.3. The van der Waals surface area contributed by atoms with E-state index in [4.69, 9.17) is 4.42 Å². The molecule has 3 aromatic rings. The molecule has 0 aliphatic carbocycles. The van der Waals surface area contributed by atoms with Crippen LogP contribution in [-0.4, -0.2) is 22.3 Å². The van der Waals surface area contributed by atoms with Crippen LogP contribution < -0.4 is 5.56 Å². The van der Waals surface area contributed by atoms with Gasteiger partial charge < -0.3 is 14.3 Å². The molecule has 3 heterocycles. The minimum atomic E-state index is -0.391. The van der Waals surface area contributed by atoms with Crippen molar-refractivity contribution in [3.8, 4) is 11.5 Å². The van der Waals surface area contributed by atoms with E-state index in [0.717, 1.165) is 12.8 Å². The molecular weight excluding hydrogens is 328 g/mol. The molecule has 1 aliphatic rings. The first-order chi connectivity index (χ1) is 12.7. The zero-order valence-corrected chi connectivity index (χ0v) is 14.6. The van der Waals surface area contributed by atoms with Crippen LogP contribution in [0.1, 0.15) is 40.9 Å². The van der Waals surface area contributed by atoms with E-state index in [2.05, 4.69) is 24.0 Å². The number of furan rings is 1. The number of fused-ring (bicyclic) bond motifs is 1. The number of amides is 1. The van der Waals surface area contributed by atoms with E-state index in [1.165, 1.54) is 11.1 Å². The number of nitrogens with zero attached hydrogens (tertiary/aromatic N) is 1. The third-order valence-electron chi connectivity index (χ3n) is 4.99. The minimum absolute atomic E-state index is 0.00315. The van der Waals surface area contributed by atoms with Gasteiger partial charge in [-0.25, -0.2) is 0 Å². The maximum atomic E-state index is 13.1. The minimum Gasteiger partial charge on any atom is -0.463 e. The largest absolute Gasteiger partial charge is 0.463 e. The number of H-pyrrole nitrogens is 1. The summed E-state index contributed by atoms with van der Waals surface area (Å²) in [5.41, 5.74) is 2.80. The predicted octanol–water partition coefficient (Wildman–Crippen LogP) is 3.78. The first-order valence-electron chi connectivity index (χ1n) is 8.85. The van der Waals surface area contributed by atoms with Crippen molar-refractivity contribution >= 4 is 5.91 Å². The van der Waals surface area contributed by atoms with E-state index >= 15 is 0 Å². The number of hydrogen-bond donors (Lipinski definition) is 1. The van der Waals surface area contributed by atoms with Gasteiger partial charge in [0.05, 0.1) is 18.0 Å². The number of pyridine rings is 1. The van der Waals surface area contributed by atoms with Gasteiger partial charge in [0, 0.05) is 6.54 Å². The van der Waals surface area contributed by atoms with Crippen LogP contribution in [0.25, 0.3) is 11.5 Å². The van der Waals surface area contributed by atoms with Crippen molar-refractivity contribution in [3.63, 3.8) is 0 Å². The van der Waals surface area contributed by atoms with Crippen LogP contribution in [0.5, 0.6) is 0 Å². The van der Waals surface area contributed by atoms with Crippen LogP contribution in [0.3, 0.4) is 0 Å². The van der Waals surface area contributed by atoms with Crippen LogP contribution in [0, 0.1) is 0 Å². The van der Waals surface area contributed by atoms with E-state index in [0.29, 0.717) is 18.0 Å². The molecular formula is C21H20N2O3. The van der Waals surface area contributed by atoms with Crippen molar-refractivity contribution in [2.45, 2.75) is 25.8 Å². The lowest BCUT2D eigenvalue weighted by Gasteiger charge is -2.37. The SMILES string of the molecule is CCC1c2ccccc2CCN1C(=O)c1ccc(-c2ccco2)[nH]c1=O. The Balaban J connectivity index is 1.67. The molecule has 132 valence electrons. The van der Waals surface area contributed by atoms with Crippen LogP contribution in [-0.2, 0) is 6.42 Å². The van der Waals surface area contributed by atoms with Gasteiger partial charge in [-0.3, -0.25) is 9.59 Å². The van der Waals surface area contributed by atoms with Gasteiger partial charge in [-0.05, 0) is 48.2 Å². The molecule has 5 heteroatoms. The molecule has 1 unspecified atom stereocenters. The lowest BCUT2D eigenvalue weighted by atomic mass is 9.90. The van der Waals surface area contributed by atoms with Crippen molar-refractivity contribution in [3.05, 3.63) is 81.8 Å². The number of benzene rings is 1. The quantitative estimate of drug-likeness (QED) is 0.783. The predicted molar refractivity (Wildman–Crippen MR) is 99.0 cm³/mol. The highest BCUT2D eigenvalue weighted by Crippen LogP contribution is 2.32. The van der Waals surface area contributed by atoms with Crippen molar-refractivity contribution in [2.75, 3.05) is 6.54 Å². The Morgan fingerprint density at radius 3 is 2.77 bits per heavy atom. The first-order valence-corrected chi connectivity index (χ1v) is 8.85. The fourth-order valence-electron chi connectivity index (χ4n) is 3.71. The Morgan fingerprint density at radius 2 is 2.04 bits per heavy atom. The third kappa shape index (κ3) is 2.75. The number of hydrogen-bond acceptors (Lipinski definition) is 3. The Kier molecular flexibility index (Phi) is 4.21. The molecule has 0 spiro atoms. The van der Waals surface area contributed by atoms with Crippen molar-refractivity contribution in [2.24, 2.45) is 0 Å². The molecule has 2 aromatic heterocycles. The van der Waals surface area contributed by atoms with Gasteiger partial charge in [-0.1, -0.05) is 31.2 Å². The average Bonchev–Trinajstić information content (AvgIpc) is 3.21. The summed E-state index contributed by atoms with van der Waals surface area (Å²) in [5.74, 6) is 0.345. The fraction of sp³-hybridized carbons (Fsp3) is 0.238. The molecule has 1 aliphatic heterocycles. The second kappa shape index (κ2) is 6.67. The van der Waals surface area contributed by atoms with Crippen LogP contribution in [0.2, 0.25) is 0 Å². The van der Waals surface area contributed by atoms with Gasteiger partial charge in [0.25, 0.3) is 11.5 Å². The average molecular weight is 348 g/mol. The van der Waals surface area contributed by atoms with E-state index in [-0.39, 0.29) is 17.5 Å². The molecule has 0 radical (unpaired) electrons. The summed E-state index contributed by atoms with van der Waals surface area (Å²) in [6.45, 7) is 2.69. The molecule has 0 bridgehead atoms. The lowest BCUT2D eigenvalue weighted by Crippen LogP contribution is -2.41. The highest BCUT2D eigenvalue weighted by Gasteiger charge is 2.31. The molecule has 0 fully saturated rings. The number of aromatic nitrogens is 1. The molecule has 1 amide bonds. The zero-order chi connectivity index (χ0) is 18.1. The topological polar surface area (TPSA) is 66.3 Å². The third-order valence-corrected chi connectivity index (χ3v) is 4.99. The van der Waals surface area contributed by atoms with Gasteiger partial charge in [-0.2, -0.15) is 0 Å². The molecule has 1 N–H and O–H groups in total. The summed E-state index contributed by atoms with van der Waals surface area (Å²) in [6.07, 6.45) is 3.16. The van der Waals surface area contributed by atoms with Crippen molar-refractivity contribution in [1.82, 2.24) is 9.88 Å². The smallest absolute Gasteiger partial charge is 0.261 e. The second-order valence-electron chi connectivity index (χ2n) is 6.46. The summed E-state index contributed by atoms with van der Waals surface area (Å²) >= 11 is 0. The van der Waals surface area contributed by atoms with E-state index in [9.17, 15) is 9.59 Å². The molecule has 26 heavy (non-hydrogen) atoms. The molecule has 4 rings (SSSR count). The summed E-state index contributed by atoms with van der Waals surface area (Å²) in [4.78, 5) is 30.2. The fourth-order valence-corrected chi connectivity index (χ4v) is 3.71. The Hall–Kier alpha value is -3.08. The normalized spacial score (nSPS) is 16.3. The van der Waals surface area contributed by atoms with E-state index < -0.39 is 5.56 Å². The van der Waals surface area contributed by atoms with Gasteiger partial charge >= 0.3 is 0 Å². The maximum absolute atomic E-state index is 13.1. The van der Waals surface area contributed by atoms with Gasteiger partial charge in [0.1, 0.15) is 11.3 Å².